The zero-order valence-corrected chi connectivity index (χ0v) is 11.0. The first-order valence-corrected chi connectivity index (χ1v) is 5.56. The molecule has 1 aromatic heterocycles. The van der Waals surface area contributed by atoms with Crippen LogP contribution >= 0.6 is 0 Å². The molecule has 1 heterocycles. The van der Waals surface area contributed by atoms with E-state index in [0.29, 0.717) is 35.7 Å². The van der Waals surface area contributed by atoms with E-state index < -0.39 is 11.9 Å². The maximum atomic E-state index is 11.7. The number of H-pyrrole nitrogens is 1. The highest BCUT2D eigenvalue weighted by Gasteiger charge is 2.23. The number of rotatable bonds is 4. The van der Waals surface area contributed by atoms with Crippen LogP contribution in [0.3, 0.4) is 0 Å². The van der Waals surface area contributed by atoms with Gasteiger partial charge in [-0.05, 0) is 33.3 Å². The quantitative estimate of drug-likeness (QED) is 0.818. The third kappa shape index (κ3) is 3.10. The zero-order chi connectivity index (χ0) is 13.0. The van der Waals surface area contributed by atoms with E-state index >= 15 is 0 Å². The molecule has 18 heavy (non-hydrogen) atoms. The lowest BCUT2D eigenvalue weighted by Gasteiger charge is -2.02. The second-order valence-corrected chi connectivity index (χ2v) is 3.57. The van der Waals surface area contributed by atoms with Gasteiger partial charge in [0.05, 0.1) is 18.8 Å². The minimum atomic E-state index is -0.455. The van der Waals surface area contributed by atoms with E-state index in [1.165, 1.54) is 0 Å². The summed E-state index contributed by atoms with van der Waals surface area (Å²) in [5.74, 6) is -0.877. The van der Waals surface area contributed by atoms with Gasteiger partial charge in [-0.1, -0.05) is 0 Å². The predicted molar refractivity (Wildman–Crippen MR) is 65.8 cm³/mol. The molecule has 0 aliphatic carbocycles. The van der Waals surface area contributed by atoms with Crippen LogP contribution in [0.1, 0.15) is 46.0 Å². The Hall–Kier alpha value is -1.82. The van der Waals surface area contributed by atoms with Crippen molar-refractivity contribution < 1.29 is 24.5 Å². The van der Waals surface area contributed by atoms with Gasteiger partial charge in [0.1, 0.15) is 5.69 Å². The van der Waals surface area contributed by atoms with Gasteiger partial charge in [-0.2, -0.15) is 0 Å². The number of hydrogen-bond acceptors (Lipinski definition) is 4. The van der Waals surface area contributed by atoms with Crippen molar-refractivity contribution >= 4 is 11.9 Å². The number of carbonyl (C=O) groups excluding carboxylic acids is 2. The summed E-state index contributed by atoms with van der Waals surface area (Å²) >= 11 is 0. The van der Waals surface area contributed by atoms with Crippen molar-refractivity contribution in [3.05, 3.63) is 22.5 Å². The lowest BCUT2D eigenvalue weighted by Crippen LogP contribution is -2.09. The molecular weight excluding hydrogens is 238 g/mol. The molecule has 0 atom stereocenters. The maximum absolute atomic E-state index is 11.7. The Morgan fingerprint density at radius 2 is 1.56 bits per heavy atom. The Kier molecular flexibility index (Phi) is 6.12. The highest BCUT2D eigenvalue weighted by molar-refractivity contribution is 5.98. The molecule has 1 aromatic rings. The van der Waals surface area contributed by atoms with Crippen molar-refractivity contribution in [1.29, 1.82) is 0 Å². The highest BCUT2D eigenvalue weighted by Crippen LogP contribution is 2.19. The molecule has 0 radical (unpaired) electrons. The van der Waals surface area contributed by atoms with E-state index in [4.69, 9.17) is 9.47 Å². The van der Waals surface area contributed by atoms with E-state index in [0.717, 1.165) is 0 Å². The number of esters is 2. The number of hydrogen-bond donors (Lipinski definition) is 1. The fraction of sp³-hybridized carbons (Fsp3) is 0.500. The van der Waals surface area contributed by atoms with E-state index in [1.54, 1.807) is 27.7 Å². The standard InChI is InChI=1S/C12H17NO4.H2O/c1-5-16-11(14)9-7(3)10(13-8(9)4)12(15)17-6-2;/h13H,5-6H2,1-4H3;1H2. The first-order valence-electron chi connectivity index (χ1n) is 5.56. The molecule has 0 aromatic carbocycles. The van der Waals surface area contributed by atoms with Crippen LogP contribution in [0, 0.1) is 13.8 Å². The van der Waals surface area contributed by atoms with Gasteiger partial charge in [-0.3, -0.25) is 0 Å². The van der Waals surface area contributed by atoms with Gasteiger partial charge in [0.2, 0.25) is 0 Å². The molecule has 0 unspecified atom stereocenters. The van der Waals surface area contributed by atoms with Gasteiger partial charge < -0.3 is 19.9 Å². The highest BCUT2D eigenvalue weighted by atomic mass is 16.5. The summed E-state index contributed by atoms with van der Waals surface area (Å²) in [5.41, 5.74) is 1.91. The van der Waals surface area contributed by atoms with Crippen LogP contribution < -0.4 is 0 Å². The third-order valence-electron chi connectivity index (χ3n) is 2.40. The molecule has 1 rings (SSSR count). The van der Waals surface area contributed by atoms with Crippen LogP contribution in [-0.2, 0) is 9.47 Å². The molecule has 0 saturated carbocycles. The second kappa shape index (κ2) is 6.80. The van der Waals surface area contributed by atoms with Gasteiger partial charge in [0.25, 0.3) is 0 Å². The molecule has 0 saturated heterocycles. The van der Waals surface area contributed by atoms with E-state index in [-0.39, 0.29) is 5.48 Å². The fourth-order valence-corrected chi connectivity index (χ4v) is 1.67. The third-order valence-corrected chi connectivity index (χ3v) is 2.40. The van der Waals surface area contributed by atoms with Gasteiger partial charge in [-0.15, -0.1) is 0 Å². The molecule has 0 aliphatic rings. The molecule has 6 nitrogen and oxygen atoms in total. The van der Waals surface area contributed by atoms with Crippen molar-refractivity contribution in [2.75, 3.05) is 13.2 Å². The molecule has 0 bridgehead atoms. The minimum Gasteiger partial charge on any atom is -0.462 e. The summed E-state index contributed by atoms with van der Waals surface area (Å²) in [6.07, 6.45) is 0. The topological polar surface area (TPSA) is 99.9 Å². The van der Waals surface area contributed by atoms with E-state index in [1.807, 2.05) is 0 Å². The van der Waals surface area contributed by atoms with Crippen molar-refractivity contribution in [3.8, 4) is 0 Å². The Morgan fingerprint density at radius 1 is 1.06 bits per heavy atom. The molecule has 6 heteroatoms. The first-order chi connectivity index (χ1) is 8.02. The van der Waals surface area contributed by atoms with Crippen molar-refractivity contribution in [1.82, 2.24) is 4.98 Å². The monoisotopic (exact) mass is 257 g/mol. The summed E-state index contributed by atoms with van der Waals surface area (Å²) in [4.78, 5) is 26.2. The van der Waals surface area contributed by atoms with Crippen LogP contribution in [0.5, 0.6) is 0 Å². The van der Waals surface area contributed by atoms with Gasteiger partial charge in [-0.25, -0.2) is 9.59 Å². The van der Waals surface area contributed by atoms with Gasteiger partial charge in [0.15, 0.2) is 0 Å². The largest absolute Gasteiger partial charge is 0.462 e. The summed E-state index contributed by atoms with van der Waals surface area (Å²) in [6.45, 7) is 7.49. The molecule has 0 fully saturated rings. The van der Waals surface area contributed by atoms with Crippen LogP contribution in [-0.4, -0.2) is 35.6 Å². The molecule has 0 spiro atoms. The second-order valence-electron chi connectivity index (χ2n) is 3.57. The number of ether oxygens (including phenoxy) is 2. The van der Waals surface area contributed by atoms with Gasteiger partial charge in [0, 0.05) is 5.69 Å². The van der Waals surface area contributed by atoms with Gasteiger partial charge >= 0.3 is 11.9 Å². The number of carbonyl (C=O) groups is 2. The van der Waals surface area contributed by atoms with Crippen LogP contribution in [0.4, 0.5) is 0 Å². The Labute approximate surface area is 106 Å². The predicted octanol–water partition coefficient (Wildman–Crippen LogP) is 1.16. The SMILES string of the molecule is CCOC(=O)c1[nH]c(C)c(C(=O)OCC)c1C.O. The summed E-state index contributed by atoms with van der Waals surface area (Å²) < 4.78 is 9.83. The van der Waals surface area contributed by atoms with E-state index in [9.17, 15) is 9.59 Å². The molecule has 102 valence electrons. The lowest BCUT2D eigenvalue weighted by atomic mass is 10.1. The molecule has 0 amide bonds. The van der Waals surface area contributed by atoms with Crippen LogP contribution in [0.25, 0.3) is 0 Å². The average molecular weight is 257 g/mol. The van der Waals surface area contributed by atoms with Crippen LogP contribution in [0.15, 0.2) is 0 Å². The summed E-state index contributed by atoms with van der Waals surface area (Å²) in [6, 6.07) is 0. The van der Waals surface area contributed by atoms with Crippen molar-refractivity contribution in [2.45, 2.75) is 27.7 Å². The fourth-order valence-electron chi connectivity index (χ4n) is 1.67. The number of nitrogens with one attached hydrogen (secondary N) is 1. The number of aromatic nitrogens is 1. The Balaban J connectivity index is 0.00000289. The average Bonchev–Trinajstić information content (AvgIpc) is 2.55. The summed E-state index contributed by atoms with van der Waals surface area (Å²) in [7, 11) is 0. The molecule has 0 aliphatic heterocycles. The lowest BCUT2D eigenvalue weighted by molar-refractivity contribution is 0.0518. The normalized spacial score (nSPS) is 9.56. The summed E-state index contributed by atoms with van der Waals surface area (Å²) in [5, 5.41) is 0. The van der Waals surface area contributed by atoms with Crippen molar-refractivity contribution in [2.24, 2.45) is 0 Å². The number of aryl methyl sites for hydroxylation is 1. The molecule has 3 N–H and O–H groups in total. The van der Waals surface area contributed by atoms with Crippen molar-refractivity contribution in [3.63, 3.8) is 0 Å². The zero-order valence-electron chi connectivity index (χ0n) is 11.0. The van der Waals surface area contributed by atoms with Crippen LogP contribution in [0.2, 0.25) is 0 Å². The first kappa shape index (κ1) is 16.2. The smallest absolute Gasteiger partial charge is 0.355 e. The Bertz CT molecular complexity index is 436. The van der Waals surface area contributed by atoms with E-state index in [2.05, 4.69) is 4.98 Å². The number of aromatic amines is 1. The molecular formula is C12H19NO5. The maximum Gasteiger partial charge on any atom is 0.355 e. The Morgan fingerprint density at radius 3 is 2.06 bits per heavy atom. The minimum absolute atomic E-state index is 0.